The monoisotopic (exact) mass is 313 g/mol. The number of hydrogen-bond donors (Lipinski definition) is 3. The van der Waals surface area contributed by atoms with E-state index in [1.165, 1.54) is 0 Å². The predicted octanol–water partition coefficient (Wildman–Crippen LogP) is 2.57. The molecular weight excluding hydrogens is 290 g/mol. The Hall–Kier alpha value is -1.63. The summed E-state index contributed by atoms with van der Waals surface area (Å²) < 4.78 is 0. The van der Waals surface area contributed by atoms with E-state index in [0.29, 0.717) is 6.42 Å². The molecule has 2 amide bonds. The minimum atomic E-state index is -1.02. The minimum Gasteiger partial charge on any atom is -0.480 e. The Morgan fingerprint density at radius 3 is 2.48 bits per heavy atom. The van der Waals surface area contributed by atoms with Crippen LogP contribution in [0, 0.1) is 5.92 Å². The molecule has 0 spiro atoms. The number of carboxylic acid groups (broad SMARTS) is 1. The van der Waals surface area contributed by atoms with Gasteiger partial charge in [0.1, 0.15) is 11.0 Å². The zero-order valence-corrected chi connectivity index (χ0v) is 13.7. The second-order valence-corrected chi connectivity index (χ2v) is 6.21. The Morgan fingerprint density at radius 1 is 1.33 bits per heavy atom. The standard InChI is InChI=1S/C14H23N3O3S/c1-5-8(3)11(13(18)19)17-14(20)16-9(4)12-15-7-10(6-2)21-12/h7-9,11H,5-6H2,1-4H3,(H,18,19)(H2,16,17,20)/t8-,9?,11-/m0/s1. The van der Waals surface area contributed by atoms with Gasteiger partial charge in [0.05, 0.1) is 6.04 Å². The number of nitrogens with one attached hydrogen (secondary N) is 2. The third-order valence-corrected chi connectivity index (χ3v) is 4.73. The third kappa shape index (κ3) is 5.00. The van der Waals surface area contributed by atoms with Gasteiger partial charge in [-0.1, -0.05) is 27.2 Å². The number of nitrogens with zero attached hydrogens (tertiary/aromatic N) is 1. The van der Waals surface area contributed by atoms with E-state index in [9.17, 15) is 9.59 Å². The molecule has 1 rings (SSSR count). The number of hydrogen-bond acceptors (Lipinski definition) is 4. The van der Waals surface area contributed by atoms with Gasteiger partial charge in [0.2, 0.25) is 0 Å². The lowest BCUT2D eigenvalue weighted by Crippen LogP contribution is -2.49. The van der Waals surface area contributed by atoms with Crippen molar-refractivity contribution in [3.8, 4) is 0 Å². The molecule has 0 aliphatic heterocycles. The Morgan fingerprint density at radius 2 is 2.00 bits per heavy atom. The number of amides is 2. The smallest absolute Gasteiger partial charge is 0.326 e. The molecule has 0 aliphatic carbocycles. The quantitative estimate of drug-likeness (QED) is 0.721. The molecule has 0 aromatic carbocycles. The summed E-state index contributed by atoms with van der Waals surface area (Å²) in [5.41, 5.74) is 0. The highest BCUT2D eigenvalue weighted by atomic mass is 32.1. The van der Waals surface area contributed by atoms with Gasteiger partial charge in [0, 0.05) is 11.1 Å². The van der Waals surface area contributed by atoms with Crippen molar-refractivity contribution in [2.45, 2.75) is 52.6 Å². The first-order valence-electron chi connectivity index (χ1n) is 7.13. The zero-order valence-electron chi connectivity index (χ0n) is 12.8. The van der Waals surface area contributed by atoms with Gasteiger partial charge in [-0.15, -0.1) is 11.3 Å². The second-order valence-electron chi connectivity index (χ2n) is 5.06. The molecule has 1 aromatic rings. The molecule has 7 heteroatoms. The van der Waals surface area contributed by atoms with Crippen LogP contribution in [0.15, 0.2) is 6.20 Å². The van der Waals surface area contributed by atoms with Crippen LogP contribution in [0.2, 0.25) is 0 Å². The summed E-state index contributed by atoms with van der Waals surface area (Å²) in [4.78, 5) is 28.5. The molecule has 0 fully saturated rings. The number of urea groups is 1. The minimum absolute atomic E-state index is 0.130. The van der Waals surface area contributed by atoms with E-state index in [2.05, 4.69) is 15.6 Å². The molecule has 1 aromatic heterocycles. The number of aromatic nitrogens is 1. The molecule has 118 valence electrons. The fraction of sp³-hybridized carbons (Fsp3) is 0.643. The van der Waals surface area contributed by atoms with Crippen LogP contribution in [-0.2, 0) is 11.2 Å². The Balaban J connectivity index is 2.61. The number of carboxylic acids is 1. The molecule has 0 aliphatic rings. The van der Waals surface area contributed by atoms with Crippen LogP contribution < -0.4 is 10.6 Å². The highest BCUT2D eigenvalue weighted by molar-refractivity contribution is 7.11. The van der Waals surface area contributed by atoms with Crippen molar-refractivity contribution in [3.05, 3.63) is 16.1 Å². The van der Waals surface area contributed by atoms with Crippen LogP contribution in [-0.4, -0.2) is 28.1 Å². The number of rotatable bonds is 7. The number of carbonyl (C=O) groups excluding carboxylic acids is 1. The van der Waals surface area contributed by atoms with Gasteiger partial charge in [0.25, 0.3) is 0 Å². The second kappa shape index (κ2) is 7.97. The summed E-state index contributed by atoms with van der Waals surface area (Å²) in [6, 6.07) is -1.62. The summed E-state index contributed by atoms with van der Waals surface area (Å²) in [7, 11) is 0. The summed E-state index contributed by atoms with van der Waals surface area (Å²) in [5.74, 6) is -1.15. The average Bonchev–Trinajstić information content (AvgIpc) is 2.92. The van der Waals surface area contributed by atoms with Crippen molar-refractivity contribution < 1.29 is 14.7 Å². The maximum absolute atomic E-state index is 11.9. The summed E-state index contributed by atoms with van der Waals surface area (Å²) >= 11 is 1.55. The van der Waals surface area contributed by atoms with Crippen molar-refractivity contribution in [1.29, 1.82) is 0 Å². The van der Waals surface area contributed by atoms with Crippen LogP contribution in [0.25, 0.3) is 0 Å². The van der Waals surface area contributed by atoms with Crippen LogP contribution in [0.3, 0.4) is 0 Å². The normalized spacial score (nSPS) is 15.0. The van der Waals surface area contributed by atoms with Crippen molar-refractivity contribution in [2.24, 2.45) is 5.92 Å². The van der Waals surface area contributed by atoms with Crippen LogP contribution in [0.4, 0.5) is 4.79 Å². The van der Waals surface area contributed by atoms with Gasteiger partial charge < -0.3 is 15.7 Å². The topological polar surface area (TPSA) is 91.3 Å². The lowest BCUT2D eigenvalue weighted by molar-refractivity contribution is -0.140. The Kier molecular flexibility index (Phi) is 6.61. The van der Waals surface area contributed by atoms with Crippen LogP contribution in [0.1, 0.15) is 50.0 Å². The zero-order chi connectivity index (χ0) is 16.0. The maximum Gasteiger partial charge on any atom is 0.326 e. The van der Waals surface area contributed by atoms with Crippen molar-refractivity contribution in [3.63, 3.8) is 0 Å². The number of carbonyl (C=O) groups is 2. The molecule has 0 radical (unpaired) electrons. The lowest BCUT2D eigenvalue weighted by Gasteiger charge is -2.21. The van der Waals surface area contributed by atoms with Gasteiger partial charge in [-0.3, -0.25) is 0 Å². The van der Waals surface area contributed by atoms with E-state index in [0.717, 1.165) is 16.3 Å². The highest BCUT2D eigenvalue weighted by Gasteiger charge is 2.26. The first-order chi connectivity index (χ1) is 9.88. The van der Waals surface area contributed by atoms with Gasteiger partial charge in [0.15, 0.2) is 0 Å². The van der Waals surface area contributed by atoms with E-state index >= 15 is 0 Å². The molecular formula is C14H23N3O3S. The molecule has 0 saturated heterocycles. The molecule has 3 N–H and O–H groups in total. The van der Waals surface area contributed by atoms with Crippen molar-refractivity contribution >= 4 is 23.3 Å². The van der Waals surface area contributed by atoms with Gasteiger partial charge in [-0.05, 0) is 19.3 Å². The largest absolute Gasteiger partial charge is 0.480 e. The number of aryl methyl sites for hydroxylation is 1. The molecule has 3 atom stereocenters. The predicted molar refractivity (Wildman–Crippen MR) is 82.5 cm³/mol. The van der Waals surface area contributed by atoms with E-state index in [1.807, 2.05) is 20.8 Å². The van der Waals surface area contributed by atoms with Gasteiger partial charge in [-0.2, -0.15) is 0 Å². The van der Waals surface area contributed by atoms with Crippen LogP contribution >= 0.6 is 11.3 Å². The lowest BCUT2D eigenvalue weighted by atomic mass is 9.99. The number of aliphatic carboxylic acids is 1. The Labute approximate surface area is 129 Å². The van der Waals surface area contributed by atoms with E-state index in [4.69, 9.17) is 5.11 Å². The molecule has 21 heavy (non-hydrogen) atoms. The maximum atomic E-state index is 11.9. The Bertz CT molecular complexity index is 490. The van der Waals surface area contributed by atoms with Crippen molar-refractivity contribution in [2.75, 3.05) is 0 Å². The summed E-state index contributed by atoms with van der Waals surface area (Å²) in [6.45, 7) is 7.57. The SMILES string of the molecule is CCc1cnc(C(C)NC(=O)N[C@H](C(=O)O)[C@@H](C)CC)s1. The average molecular weight is 313 g/mol. The van der Waals surface area contributed by atoms with Crippen molar-refractivity contribution in [1.82, 2.24) is 15.6 Å². The molecule has 0 saturated carbocycles. The molecule has 1 heterocycles. The summed E-state index contributed by atoms with van der Waals surface area (Å²) in [6.07, 6.45) is 3.39. The fourth-order valence-corrected chi connectivity index (χ4v) is 2.67. The first-order valence-corrected chi connectivity index (χ1v) is 7.95. The fourth-order valence-electron chi connectivity index (χ4n) is 1.81. The van der Waals surface area contributed by atoms with Crippen LogP contribution in [0.5, 0.6) is 0 Å². The first kappa shape index (κ1) is 17.4. The number of thiazole rings is 1. The van der Waals surface area contributed by atoms with E-state index in [-0.39, 0.29) is 12.0 Å². The highest BCUT2D eigenvalue weighted by Crippen LogP contribution is 2.20. The van der Waals surface area contributed by atoms with Gasteiger partial charge >= 0.3 is 12.0 Å². The van der Waals surface area contributed by atoms with E-state index < -0.39 is 18.0 Å². The molecule has 6 nitrogen and oxygen atoms in total. The van der Waals surface area contributed by atoms with E-state index in [1.54, 1.807) is 24.5 Å². The summed E-state index contributed by atoms with van der Waals surface area (Å²) in [5, 5.41) is 15.2. The molecule has 0 bridgehead atoms. The molecule has 1 unspecified atom stereocenters. The third-order valence-electron chi connectivity index (χ3n) is 3.40. The van der Waals surface area contributed by atoms with Gasteiger partial charge in [-0.25, -0.2) is 14.6 Å².